The molecule has 1 heterocycles. The summed E-state index contributed by atoms with van der Waals surface area (Å²) in [5, 5.41) is 3.60. The van der Waals surface area contributed by atoms with Crippen molar-refractivity contribution >= 4 is 23.2 Å². The van der Waals surface area contributed by atoms with E-state index in [-0.39, 0.29) is 11.9 Å². The van der Waals surface area contributed by atoms with Gasteiger partial charge in [-0.3, -0.25) is 4.79 Å². The Kier molecular flexibility index (Phi) is 3.54. The third kappa shape index (κ3) is 2.23. The number of methoxy groups -OCH3 is 1. The van der Waals surface area contributed by atoms with Crippen LogP contribution in [-0.2, 0) is 4.79 Å². The number of nitrogens with zero attached hydrogens (tertiary/aromatic N) is 1. The molecular formula is C12H15ClN2O2. The first kappa shape index (κ1) is 12.2. The molecule has 4 nitrogen and oxygen atoms in total. The molecule has 1 atom stereocenters. The van der Waals surface area contributed by atoms with Crippen molar-refractivity contribution in [3.8, 4) is 5.75 Å². The summed E-state index contributed by atoms with van der Waals surface area (Å²) in [6, 6.07) is 5.17. The van der Waals surface area contributed by atoms with E-state index < -0.39 is 0 Å². The van der Waals surface area contributed by atoms with Gasteiger partial charge in [0.15, 0.2) is 0 Å². The summed E-state index contributed by atoms with van der Waals surface area (Å²) >= 11 is 5.96. The van der Waals surface area contributed by atoms with E-state index in [1.54, 1.807) is 37.3 Å². The molecule has 1 aromatic carbocycles. The zero-order valence-corrected chi connectivity index (χ0v) is 10.6. The van der Waals surface area contributed by atoms with Gasteiger partial charge in [0.2, 0.25) is 5.91 Å². The highest BCUT2D eigenvalue weighted by molar-refractivity contribution is 6.31. The van der Waals surface area contributed by atoms with Gasteiger partial charge in [0.25, 0.3) is 0 Å². The van der Waals surface area contributed by atoms with Crippen LogP contribution in [-0.4, -0.2) is 32.7 Å². The van der Waals surface area contributed by atoms with Crippen LogP contribution in [0.5, 0.6) is 5.75 Å². The fraction of sp³-hybridized carbons (Fsp3) is 0.417. The second kappa shape index (κ2) is 4.94. The second-order valence-electron chi connectivity index (χ2n) is 3.94. The van der Waals surface area contributed by atoms with Crippen LogP contribution in [0.2, 0.25) is 5.02 Å². The minimum atomic E-state index is -0.112. The molecule has 0 spiro atoms. The first-order valence-electron chi connectivity index (χ1n) is 5.49. The lowest BCUT2D eigenvalue weighted by atomic mass is 10.2. The molecule has 1 amide bonds. The Balaban J connectivity index is 2.34. The number of halogens is 1. The largest absolute Gasteiger partial charge is 0.495 e. The van der Waals surface area contributed by atoms with E-state index in [2.05, 4.69) is 5.32 Å². The summed E-state index contributed by atoms with van der Waals surface area (Å²) in [5.41, 5.74) is 0.739. The van der Waals surface area contributed by atoms with Crippen molar-refractivity contribution in [1.82, 2.24) is 5.32 Å². The van der Waals surface area contributed by atoms with Crippen LogP contribution >= 0.6 is 11.6 Å². The summed E-state index contributed by atoms with van der Waals surface area (Å²) in [4.78, 5) is 13.8. The molecule has 1 aromatic rings. The fourth-order valence-corrected chi connectivity index (χ4v) is 2.23. The van der Waals surface area contributed by atoms with E-state index in [1.165, 1.54) is 0 Å². The summed E-state index contributed by atoms with van der Waals surface area (Å²) in [6.07, 6.45) is 0.797. The molecule has 2 rings (SSSR count). The van der Waals surface area contributed by atoms with Gasteiger partial charge in [-0.05, 0) is 31.7 Å². The smallest absolute Gasteiger partial charge is 0.244 e. The molecule has 0 bridgehead atoms. The Hall–Kier alpha value is -1.26. The molecule has 0 aliphatic carbocycles. The maximum Gasteiger partial charge on any atom is 0.244 e. The van der Waals surface area contributed by atoms with Crippen molar-refractivity contribution < 1.29 is 9.53 Å². The minimum absolute atomic E-state index is 0.0630. The SMILES string of the molecule is CNC1CCN(c2cc(Cl)ccc2OC)C1=O. The molecule has 1 saturated heterocycles. The molecule has 0 saturated carbocycles. The predicted molar refractivity (Wildman–Crippen MR) is 67.8 cm³/mol. The molecule has 1 N–H and O–H groups in total. The van der Waals surface area contributed by atoms with Crippen molar-refractivity contribution in [3.05, 3.63) is 23.2 Å². The van der Waals surface area contributed by atoms with Gasteiger partial charge in [0.05, 0.1) is 18.8 Å². The maximum atomic E-state index is 12.1. The van der Waals surface area contributed by atoms with Gasteiger partial charge in [0.1, 0.15) is 5.75 Å². The van der Waals surface area contributed by atoms with E-state index in [0.717, 1.165) is 12.1 Å². The fourth-order valence-electron chi connectivity index (χ4n) is 2.06. The predicted octanol–water partition coefficient (Wildman–Crippen LogP) is 1.67. The van der Waals surface area contributed by atoms with Crippen LogP contribution < -0.4 is 15.0 Å². The number of hydrogen-bond donors (Lipinski definition) is 1. The number of anilines is 1. The molecule has 1 unspecified atom stereocenters. The van der Waals surface area contributed by atoms with E-state index >= 15 is 0 Å². The zero-order valence-electron chi connectivity index (χ0n) is 9.87. The molecule has 1 aliphatic rings. The molecule has 0 radical (unpaired) electrons. The normalized spacial score (nSPS) is 19.8. The average molecular weight is 255 g/mol. The number of benzene rings is 1. The molecule has 92 valence electrons. The van der Waals surface area contributed by atoms with Gasteiger partial charge in [-0.25, -0.2) is 0 Å². The van der Waals surface area contributed by atoms with Crippen molar-refractivity contribution in [1.29, 1.82) is 0 Å². The average Bonchev–Trinajstić information content (AvgIpc) is 2.70. The third-order valence-corrected chi connectivity index (χ3v) is 3.22. The van der Waals surface area contributed by atoms with Gasteiger partial charge >= 0.3 is 0 Å². The van der Waals surface area contributed by atoms with Crippen LogP contribution in [0.3, 0.4) is 0 Å². The van der Waals surface area contributed by atoms with E-state index in [0.29, 0.717) is 17.3 Å². The highest BCUT2D eigenvalue weighted by Crippen LogP contribution is 2.33. The van der Waals surface area contributed by atoms with Crippen LogP contribution in [0.1, 0.15) is 6.42 Å². The van der Waals surface area contributed by atoms with Crippen molar-refractivity contribution in [2.75, 3.05) is 25.6 Å². The summed E-state index contributed by atoms with van der Waals surface area (Å²) < 4.78 is 5.26. The second-order valence-corrected chi connectivity index (χ2v) is 4.37. The highest BCUT2D eigenvalue weighted by atomic mass is 35.5. The first-order chi connectivity index (χ1) is 8.17. The van der Waals surface area contributed by atoms with Crippen LogP contribution in [0.15, 0.2) is 18.2 Å². The number of rotatable bonds is 3. The van der Waals surface area contributed by atoms with E-state index in [9.17, 15) is 4.79 Å². The van der Waals surface area contributed by atoms with Crippen LogP contribution in [0.25, 0.3) is 0 Å². The summed E-state index contributed by atoms with van der Waals surface area (Å²) in [6.45, 7) is 0.682. The van der Waals surface area contributed by atoms with Gasteiger partial charge in [0, 0.05) is 11.6 Å². The summed E-state index contributed by atoms with van der Waals surface area (Å²) in [7, 11) is 3.38. The maximum absolute atomic E-state index is 12.1. The monoisotopic (exact) mass is 254 g/mol. The minimum Gasteiger partial charge on any atom is -0.495 e. The number of ether oxygens (including phenoxy) is 1. The number of hydrogen-bond acceptors (Lipinski definition) is 3. The van der Waals surface area contributed by atoms with Gasteiger partial charge in [-0.1, -0.05) is 11.6 Å². The number of carbonyl (C=O) groups is 1. The lowest BCUT2D eigenvalue weighted by Crippen LogP contribution is -2.36. The molecule has 17 heavy (non-hydrogen) atoms. The van der Waals surface area contributed by atoms with Crippen molar-refractivity contribution in [2.24, 2.45) is 0 Å². The Morgan fingerprint density at radius 2 is 2.29 bits per heavy atom. The first-order valence-corrected chi connectivity index (χ1v) is 5.87. The molecular weight excluding hydrogens is 240 g/mol. The molecule has 1 aliphatic heterocycles. The number of carbonyl (C=O) groups excluding carboxylic acids is 1. The highest BCUT2D eigenvalue weighted by Gasteiger charge is 2.32. The molecule has 5 heteroatoms. The van der Waals surface area contributed by atoms with Crippen LogP contribution in [0.4, 0.5) is 5.69 Å². The third-order valence-electron chi connectivity index (χ3n) is 2.99. The lowest BCUT2D eigenvalue weighted by molar-refractivity contribution is -0.118. The standard InChI is InChI=1S/C12H15ClN2O2/c1-14-9-5-6-15(12(9)16)10-7-8(13)3-4-11(10)17-2/h3-4,7,9,14H,5-6H2,1-2H3. The van der Waals surface area contributed by atoms with Gasteiger partial charge in [-0.15, -0.1) is 0 Å². The van der Waals surface area contributed by atoms with Gasteiger partial charge in [-0.2, -0.15) is 0 Å². The van der Waals surface area contributed by atoms with E-state index in [4.69, 9.17) is 16.3 Å². The topological polar surface area (TPSA) is 41.6 Å². The quantitative estimate of drug-likeness (QED) is 0.892. The molecule has 1 fully saturated rings. The zero-order chi connectivity index (χ0) is 12.4. The molecule has 0 aromatic heterocycles. The Morgan fingerprint density at radius 3 is 2.88 bits per heavy atom. The van der Waals surface area contributed by atoms with E-state index in [1.807, 2.05) is 0 Å². The lowest BCUT2D eigenvalue weighted by Gasteiger charge is -2.19. The summed E-state index contributed by atoms with van der Waals surface area (Å²) in [5.74, 6) is 0.729. The number of likely N-dealkylation sites (N-methyl/N-ethyl adjacent to an activating group) is 1. The Bertz CT molecular complexity index is 437. The van der Waals surface area contributed by atoms with Crippen molar-refractivity contribution in [2.45, 2.75) is 12.5 Å². The number of nitrogens with one attached hydrogen (secondary N) is 1. The van der Waals surface area contributed by atoms with Crippen LogP contribution in [0, 0.1) is 0 Å². The van der Waals surface area contributed by atoms with Crippen molar-refractivity contribution in [3.63, 3.8) is 0 Å². The number of amides is 1. The Morgan fingerprint density at radius 1 is 1.53 bits per heavy atom. The van der Waals surface area contributed by atoms with Gasteiger partial charge < -0.3 is 15.0 Å². The Labute approximate surface area is 106 Å².